The van der Waals surface area contributed by atoms with E-state index in [1.54, 1.807) is 72.1 Å². The second kappa shape index (κ2) is 8.79. The Balaban J connectivity index is 1.43. The molecule has 0 radical (unpaired) electrons. The highest BCUT2D eigenvalue weighted by Gasteiger charge is 2.16. The lowest BCUT2D eigenvalue weighted by atomic mass is 10.1. The first-order valence-corrected chi connectivity index (χ1v) is 11.8. The largest absolute Gasteiger partial charge is 0.298 e. The van der Waals surface area contributed by atoms with Gasteiger partial charge in [0.1, 0.15) is 5.82 Å². The molecule has 0 saturated carbocycles. The lowest BCUT2D eigenvalue weighted by molar-refractivity contribution is 0.102. The van der Waals surface area contributed by atoms with Gasteiger partial charge in [0, 0.05) is 16.5 Å². The maximum absolute atomic E-state index is 13.4. The van der Waals surface area contributed by atoms with E-state index >= 15 is 0 Å². The zero-order chi connectivity index (χ0) is 21.8. The molecule has 0 aliphatic rings. The molecule has 31 heavy (non-hydrogen) atoms. The first-order chi connectivity index (χ1) is 14.9. The van der Waals surface area contributed by atoms with Crippen LogP contribution in [-0.4, -0.2) is 19.3 Å². The molecule has 0 fully saturated rings. The molecule has 0 saturated heterocycles. The van der Waals surface area contributed by atoms with Gasteiger partial charge in [-0.05, 0) is 42.0 Å². The minimum absolute atomic E-state index is 0.150. The zero-order valence-electron chi connectivity index (χ0n) is 16.2. The number of carbonyl (C=O) groups is 1. The van der Waals surface area contributed by atoms with E-state index < -0.39 is 9.84 Å². The third-order valence-corrected chi connectivity index (χ3v) is 6.98. The molecule has 1 N–H and O–H groups in total. The molecular formula is C23H17FN2O3S2. The van der Waals surface area contributed by atoms with E-state index in [1.165, 1.54) is 23.5 Å². The van der Waals surface area contributed by atoms with Crippen LogP contribution >= 0.6 is 11.3 Å². The van der Waals surface area contributed by atoms with Gasteiger partial charge in [0.05, 0.1) is 16.3 Å². The number of nitrogens with one attached hydrogen (secondary N) is 1. The molecular weight excluding hydrogens is 435 g/mol. The van der Waals surface area contributed by atoms with Crippen LogP contribution in [0.3, 0.4) is 0 Å². The second-order valence-corrected chi connectivity index (χ2v) is 9.62. The van der Waals surface area contributed by atoms with E-state index in [9.17, 15) is 17.6 Å². The summed E-state index contributed by atoms with van der Waals surface area (Å²) in [5.41, 5.74) is 2.16. The summed E-state index contributed by atoms with van der Waals surface area (Å²) in [6.45, 7) is 0. The molecule has 1 aromatic heterocycles. The van der Waals surface area contributed by atoms with Gasteiger partial charge >= 0.3 is 0 Å². The van der Waals surface area contributed by atoms with Crippen molar-refractivity contribution in [3.8, 4) is 11.3 Å². The van der Waals surface area contributed by atoms with Gasteiger partial charge in [0.25, 0.3) is 5.91 Å². The number of aromatic nitrogens is 1. The third-order valence-electron chi connectivity index (χ3n) is 4.52. The van der Waals surface area contributed by atoms with Crippen molar-refractivity contribution in [2.24, 2.45) is 0 Å². The Hall–Kier alpha value is -3.36. The van der Waals surface area contributed by atoms with Crippen LogP contribution in [0.4, 0.5) is 9.52 Å². The molecule has 5 nitrogen and oxygen atoms in total. The fourth-order valence-corrected chi connectivity index (χ4v) is 5.05. The Morgan fingerprint density at radius 1 is 0.968 bits per heavy atom. The summed E-state index contributed by atoms with van der Waals surface area (Å²) in [5, 5.41) is 4.84. The van der Waals surface area contributed by atoms with Crippen LogP contribution in [0, 0.1) is 5.82 Å². The number of benzene rings is 3. The van der Waals surface area contributed by atoms with Gasteiger partial charge in [-0.25, -0.2) is 17.8 Å². The maximum atomic E-state index is 13.4. The third kappa shape index (κ3) is 5.04. The van der Waals surface area contributed by atoms with Gasteiger partial charge in [-0.3, -0.25) is 10.1 Å². The van der Waals surface area contributed by atoms with Crippen molar-refractivity contribution in [3.05, 3.63) is 101 Å². The number of hydrogen-bond acceptors (Lipinski definition) is 5. The van der Waals surface area contributed by atoms with Crippen LogP contribution in [0.1, 0.15) is 15.9 Å². The topological polar surface area (TPSA) is 76.1 Å². The Kier molecular flexibility index (Phi) is 5.92. The molecule has 1 heterocycles. The summed E-state index contributed by atoms with van der Waals surface area (Å²) in [4.78, 5) is 17.1. The monoisotopic (exact) mass is 452 g/mol. The van der Waals surface area contributed by atoms with Crippen molar-refractivity contribution in [3.63, 3.8) is 0 Å². The SMILES string of the molecule is O=C(Nc1nc(-c2cccc(F)c2)cs1)c1ccc(CS(=O)(=O)c2ccccc2)cc1. The lowest BCUT2D eigenvalue weighted by Gasteiger charge is -2.06. The van der Waals surface area contributed by atoms with Crippen molar-refractivity contribution in [2.45, 2.75) is 10.6 Å². The fraction of sp³-hybridized carbons (Fsp3) is 0.0435. The van der Waals surface area contributed by atoms with Crippen molar-refractivity contribution in [1.29, 1.82) is 0 Å². The van der Waals surface area contributed by atoms with Gasteiger partial charge in [0.2, 0.25) is 0 Å². The highest BCUT2D eigenvalue weighted by Crippen LogP contribution is 2.26. The van der Waals surface area contributed by atoms with E-state index in [0.29, 0.717) is 27.5 Å². The van der Waals surface area contributed by atoms with E-state index in [4.69, 9.17) is 0 Å². The summed E-state index contributed by atoms with van der Waals surface area (Å²) >= 11 is 1.24. The van der Waals surface area contributed by atoms with Gasteiger partial charge < -0.3 is 0 Å². The standard InChI is InChI=1S/C23H17FN2O3S2/c24-19-6-4-5-18(13-19)21-14-30-23(25-21)26-22(27)17-11-9-16(10-12-17)15-31(28,29)20-7-2-1-3-8-20/h1-14H,15H2,(H,25,26,27). The predicted octanol–water partition coefficient (Wildman–Crippen LogP) is 5.18. The van der Waals surface area contributed by atoms with E-state index in [1.807, 2.05) is 0 Å². The minimum atomic E-state index is -3.46. The highest BCUT2D eigenvalue weighted by atomic mass is 32.2. The molecule has 0 spiro atoms. The van der Waals surface area contributed by atoms with Gasteiger partial charge in [-0.15, -0.1) is 11.3 Å². The molecule has 1 amide bonds. The molecule has 0 bridgehead atoms. The number of nitrogens with zero attached hydrogens (tertiary/aromatic N) is 1. The smallest absolute Gasteiger partial charge is 0.257 e. The van der Waals surface area contributed by atoms with Crippen LogP contribution < -0.4 is 5.32 Å². The summed E-state index contributed by atoms with van der Waals surface area (Å²) < 4.78 is 38.4. The van der Waals surface area contributed by atoms with Crippen molar-refractivity contribution < 1.29 is 17.6 Å². The maximum Gasteiger partial charge on any atom is 0.257 e. The van der Waals surface area contributed by atoms with Gasteiger partial charge in [-0.1, -0.05) is 42.5 Å². The molecule has 0 atom stereocenters. The van der Waals surface area contributed by atoms with Crippen molar-refractivity contribution in [1.82, 2.24) is 4.98 Å². The van der Waals surface area contributed by atoms with Crippen LogP contribution in [0.2, 0.25) is 0 Å². The summed E-state index contributed by atoms with van der Waals surface area (Å²) in [6, 6.07) is 20.7. The molecule has 4 aromatic rings. The molecule has 8 heteroatoms. The number of hydrogen-bond donors (Lipinski definition) is 1. The number of carbonyl (C=O) groups excluding carboxylic acids is 1. The summed E-state index contributed by atoms with van der Waals surface area (Å²) in [5.74, 6) is -0.870. The Bertz CT molecular complexity index is 1320. The van der Waals surface area contributed by atoms with E-state index in [-0.39, 0.29) is 22.4 Å². The van der Waals surface area contributed by atoms with Gasteiger partial charge in [-0.2, -0.15) is 0 Å². The van der Waals surface area contributed by atoms with Crippen LogP contribution in [-0.2, 0) is 15.6 Å². The number of thiazole rings is 1. The first kappa shape index (κ1) is 20.9. The quantitative estimate of drug-likeness (QED) is 0.438. The Labute approximate surface area is 183 Å². The van der Waals surface area contributed by atoms with Crippen LogP contribution in [0.15, 0.2) is 89.1 Å². The molecule has 3 aromatic carbocycles. The number of sulfone groups is 1. The van der Waals surface area contributed by atoms with Gasteiger partial charge in [0.15, 0.2) is 15.0 Å². The van der Waals surface area contributed by atoms with E-state index in [0.717, 1.165) is 0 Å². The molecule has 4 rings (SSSR count). The summed E-state index contributed by atoms with van der Waals surface area (Å²) in [6.07, 6.45) is 0. The average Bonchev–Trinajstić information content (AvgIpc) is 3.23. The first-order valence-electron chi connectivity index (χ1n) is 9.30. The molecule has 0 aliphatic carbocycles. The normalized spacial score (nSPS) is 11.3. The summed E-state index contributed by atoms with van der Waals surface area (Å²) in [7, 11) is -3.46. The predicted molar refractivity (Wildman–Crippen MR) is 119 cm³/mol. The number of anilines is 1. The molecule has 156 valence electrons. The fourth-order valence-electron chi connectivity index (χ4n) is 2.96. The zero-order valence-corrected chi connectivity index (χ0v) is 17.8. The Morgan fingerprint density at radius 3 is 2.42 bits per heavy atom. The number of amides is 1. The molecule has 0 aliphatic heterocycles. The minimum Gasteiger partial charge on any atom is -0.298 e. The second-order valence-electron chi connectivity index (χ2n) is 6.77. The van der Waals surface area contributed by atoms with Crippen molar-refractivity contribution >= 4 is 32.2 Å². The Morgan fingerprint density at radius 2 is 1.71 bits per heavy atom. The number of halogens is 1. The van der Waals surface area contributed by atoms with E-state index in [2.05, 4.69) is 10.3 Å². The van der Waals surface area contributed by atoms with Crippen LogP contribution in [0.5, 0.6) is 0 Å². The number of rotatable bonds is 6. The molecule has 0 unspecified atom stereocenters. The van der Waals surface area contributed by atoms with Crippen LogP contribution in [0.25, 0.3) is 11.3 Å². The lowest BCUT2D eigenvalue weighted by Crippen LogP contribution is -2.12. The average molecular weight is 453 g/mol. The highest BCUT2D eigenvalue weighted by molar-refractivity contribution is 7.90. The van der Waals surface area contributed by atoms with Crippen molar-refractivity contribution in [2.75, 3.05) is 5.32 Å².